The van der Waals surface area contributed by atoms with Gasteiger partial charge in [0.15, 0.2) is 0 Å². The van der Waals surface area contributed by atoms with Gasteiger partial charge in [0, 0.05) is 17.5 Å². The zero-order valence-electron chi connectivity index (χ0n) is 13.8. The van der Waals surface area contributed by atoms with Crippen LogP contribution in [-0.2, 0) is 4.79 Å². The van der Waals surface area contributed by atoms with E-state index in [1.54, 1.807) is 21.0 Å². The fraction of sp³-hybridized carbons (Fsp3) is 0.353. The number of methoxy groups -OCH3 is 1. The predicted molar refractivity (Wildman–Crippen MR) is 92.5 cm³/mol. The molecule has 2 rings (SSSR count). The van der Waals surface area contributed by atoms with Gasteiger partial charge in [0.05, 0.1) is 13.3 Å². The topological polar surface area (TPSA) is 88.5 Å². The monoisotopic (exact) mass is 348 g/mol. The third kappa shape index (κ3) is 4.79. The van der Waals surface area contributed by atoms with Gasteiger partial charge in [-0.15, -0.1) is 11.3 Å². The summed E-state index contributed by atoms with van der Waals surface area (Å²) in [7, 11) is 1.60. The summed E-state index contributed by atoms with van der Waals surface area (Å²) in [5.41, 5.74) is 0.310. The number of carbonyl (C=O) groups is 2. The Bertz CT molecular complexity index is 722. The van der Waals surface area contributed by atoms with Crippen molar-refractivity contribution in [2.45, 2.75) is 32.2 Å². The van der Waals surface area contributed by atoms with Crippen molar-refractivity contribution in [3.05, 3.63) is 35.3 Å². The second-order valence-electron chi connectivity index (χ2n) is 5.99. The minimum atomic E-state index is -0.878. The van der Waals surface area contributed by atoms with E-state index in [0.29, 0.717) is 11.3 Å². The highest BCUT2D eigenvalue weighted by Gasteiger charge is 2.23. The first-order chi connectivity index (χ1) is 11.3. The van der Waals surface area contributed by atoms with Crippen LogP contribution in [0.4, 0.5) is 0 Å². The minimum absolute atomic E-state index is 0.00701. The number of benzene rings is 1. The van der Waals surface area contributed by atoms with Crippen LogP contribution < -0.4 is 10.1 Å². The number of nitrogens with one attached hydrogen (secondary N) is 1. The van der Waals surface area contributed by atoms with Gasteiger partial charge in [-0.1, -0.05) is 0 Å². The first-order valence-corrected chi connectivity index (χ1v) is 8.27. The maximum absolute atomic E-state index is 12.3. The molecule has 2 N–H and O–H groups in total. The van der Waals surface area contributed by atoms with Gasteiger partial charge in [0.1, 0.15) is 15.6 Å². The molecule has 0 bridgehead atoms. The highest BCUT2D eigenvalue weighted by atomic mass is 32.1. The number of carboxylic acids is 1. The largest absolute Gasteiger partial charge is 0.497 e. The first kappa shape index (κ1) is 17.9. The van der Waals surface area contributed by atoms with Crippen molar-refractivity contribution in [2.24, 2.45) is 0 Å². The van der Waals surface area contributed by atoms with E-state index in [1.165, 1.54) is 17.5 Å². The zero-order valence-corrected chi connectivity index (χ0v) is 14.6. The molecule has 1 aromatic carbocycles. The van der Waals surface area contributed by atoms with Crippen LogP contribution in [0.3, 0.4) is 0 Å². The summed E-state index contributed by atoms with van der Waals surface area (Å²) in [4.78, 5) is 27.8. The molecule has 0 spiro atoms. The molecular weight excluding hydrogens is 328 g/mol. The van der Waals surface area contributed by atoms with E-state index in [0.717, 1.165) is 16.3 Å². The second-order valence-corrected chi connectivity index (χ2v) is 7.02. The SMILES string of the molecule is COc1ccc(-c2ncc(C(=O)NC(C)(C)CCC(=O)O)s2)cc1. The van der Waals surface area contributed by atoms with Crippen LogP contribution in [0.1, 0.15) is 36.4 Å². The number of aliphatic carboxylic acids is 1. The molecule has 1 aromatic heterocycles. The normalized spacial score (nSPS) is 11.1. The number of amides is 1. The second kappa shape index (κ2) is 7.44. The lowest BCUT2D eigenvalue weighted by molar-refractivity contribution is -0.137. The minimum Gasteiger partial charge on any atom is -0.497 e. The van der Waals surface area contributed by atoms with Crippen molar-refractivity contribution in [2.75, 3.05) is 7.11 Å². The van der Waals surface area contributed by atoms with E-state index >= 15 is 0 Å². The van der Waals surface area contributed by atoms with Crippen molar-refractivity contribution in [1.82, 2.24) is 10.3 Å². The molecule has 0 atom stereocenters. The summed E-state index contributed by atoms with van der Waals surface area (Å²) < 4.78 is 5.12. The van der Waals surface area contributed by atoms with Gasteiger partial charge in [-0.2, -0.15) is 0 Å². The van der Waals surface area contributed by atoms with E-state index in [9.17, 15) is 9.59 Å². The summed E-state index contributed by atoms with van der Waals surface area (Å²) in [6.45, 7) is 3.61. The number of aromatic nitrogens is 1. The van der Waals surface area contributed by atoms with Crippen molar-refractivity contribution < 1.29 is 19.4 Å². The van der Waals surface area contributed by atoms with Crippen LogP contribution in [0.15, 0.2) is 30.5 Å². The Morgan fingerprint density at radius 2 is 1.96 bits per heavy atom. The first-order valence-electron chi connectivity index (χ1n) is 7.45. The van der Waals surface area contributed by atoms with Gasteiger partial charge in [-0.05, 0) is 44.5 Å². The van der Waals surface area contributed by atoms with Gasteiger partial charge in [0.25, 0.3) is 5.91 Å². The number of hydrogen-bond donors (Lipinski definition) is 2. The average Bonchev–Trinajstić information content (AvgIpc) is 3.03. The lowest BCUT2D eigenvalue weighted by Crippen LogP contribution is -2.43. The van der Waals surface area contributed by atoms with Crippen molar-refractivity contribution >= 4 is 23.2 Å². The van der Waals surface area contributed by atoms with Crippen LogP contribution in [-0.4, -0.2) is 34.6 Å². The Morgan fingerprint density at radius 3 is 2.54 bits per heavy atom. The highest BCUT2D eigenvalue weighted by molar-refractivity contribution is 7.16. The van der Waals surface area contributed by atoms with Gasteiger partial charge in [-0.25, -0.2) is 4.98 Å². The van der Waals surface area contributed by atoms with E-state index in [1.807, 2.05) is 24.3 Å². The molecule has 0 aliphatic rings. The smallest absolute Gasteiger partial charge is 0.303 e. The molecule has 6 nitrogen and oxygen atoms in total. The molecule has 1 amide bonds. The van der Waals surface area contributed by atoms with E-state index in [4.69, 9.17) is 9.84 Å². The van der Waals surface area contributed by atoms with Gasteiger partial charge < -0.3 is 15.2 Å². The number of carbonyl (C=O) groups excluding carboxylic acids is 1. The van der Waals surface area contributed by atoms with Gasteiger partial charge in [-0.3, -0.25) is 9.59 Å². The van der Waals surface area contributed by atoms with E-state index < -0.39 is 11.5 Å². The van der Waals surface area contributed by atoms with Gasteiger partial charge >= 0.3 is 5.97 Å². The highest BCUT2D eigenvalue weighted by Crippen LogP contribution is 2.27. The number of carboxylic acid groups (broad SMARTS) is 1. The third-order valence-electron chi connectivity index (χ3n) is 3.48. The zero-order chi connectivity index (χ0) is 17.7. The number of nitrogens with zero attached hydrogens (tertiary/aromatic N) is 1. The lowest BCUT2D eigenvalue weighted by Gasteiger charge is -2.25. The van der Waals surface area contributed by atoms with Gasteiger partial charge in [0.2, 0.25) is 0 Å². The Kier molecular flexibility index (Phi) is 5.56. The van der Waals surface area contributed by atoms with Crippen LogP contribution in [0.25, 0.3) is 10.6 Å². The molecular formula is C17H20N2O4S. The van der Waals surface area contributed by atoms with Crippen LogP contribution in [0.2, 0.25) is 0 Å². The molecule has 0 unspecified atom stereocenters. The average molecular weight is 348 g/mol. The summed E-state index contributed by atoms with van der Waals surface area (Å²) in [6, 6.07) is 7.45. The summed E-state index contributed by atoms with van der Waals surface area (Å²) >= 11 is 1.29. The van der Waals surface area contributed by atoms with E-state index in [2.05, 4.69) is 10.3 Å². The molecule has 128 valence electrons. The Morgan fingerprint density at radius 1 is 1.29 bits per heavy atom. The lowest BCUT2D eigenvalue weighted by atomic mass is 9.98. The molecule has 0 aliphatic carbocycles. The maximum Gasteiger partial charge on any atom is 0.303 e. The molecule has 0 saturated carbocycles. The van der Waals surface area contributed by atoms with Crippen LogP contribution in [0.5, 0.6) is 5.75 Å². The molecule has 0 radical (unpaired) electrons. The summed E-state index contributed by atoms with van der Waals surface area (Å²) in [5.74, 6) is -0.368. The van der Waals surface area contributed by atoms with Crippen molar-refractivity contribution in [1.29, 1.82) is 0 Å². The number of rotatable bonds is 7. The number of ether oxygens (including phenoxy) is 1. The molecule has 0 aliphatic heterocycles. The molecule has 7 heteroatoms. The fourth-order valence-corrected chi connectivity index (χ4v) is 2.91. The maximum atomic E-state index is 12.3. The predicted octanol–water partition coefficient (Wildman–Crippen LogP) is 3.19. The standard InChI is InChI=1S/C17H20N2O4S/c1-17(2,9-8-14(20)21)19-15(22)13-10-18-16(24-13)11-4-6-12(23-3)7-5-11/h4-7,10H,8-9H2,1-3H3,(H,19,22)(H,20,21). The molecule has 2 aromatic rings. The quantitative estimate of drug-likeness (QED) is 0.802. The Labute approximate surface area is 144 Å². The van der Waals surface area contributed by atoms with Crippen LogP contribution >= 0.6 is 11.3 Å². The third-order valence-corrected chi connectivity index (χ3v) is 4.53. The molecule has 1 heterocycles. The van der Waals surface area contributed by atoms with E-state index in [-0.39, 0.29) is 12.3 Å². The summed E-state index contributed by atoms with van der Waals surface area (Å²) in [5, 5.41) is 12.4. The van der Waals surface area contributed by atoms with Crippen LogP contribution in [0, 0.1) is 0 Å². The Hall–Kier alpha value is -2.41. The molecule has 0 fully saturated rings. The Balaban J connectivity index is 2.06. The molecule has 0 saturated heterocycles. The van der Waals surface area contributed by atoms with Crippen molar-refractivity contribution in [3.8, 4) is 16.3 Å². The summed E-state index contributed by atoms with van der Waals surface area (Å²) in [6.07, 6.45) is 1.90. The molecule has 24 heavy (non-hydrogen) atoms. The number of hydrogen-bond acceptors (Lipinski definition) is 5. The fourth-order valence-electron chi connectivity index (χ4n) is 2.10. The number of thiazole rings is 1. The van der Waals surface area contributed by atoms with Crippen molar-refractivity contribution in [3.63, 3.8) is 0 Å².